The third kappa shape index (κ3) is 5.27. The Hall–Kier alpha value is -4.06. The molecule has 0 amide bonds. The lowest BCUT2D eigenvalue weighted by atomic mass is 9.95. The Kier molecular flexibility index (Phi) is 8.15. The molecule has 0 bridgehead atoms. The van der Waals surface area contributed by atoms with Gasteiger partial charge in [-0.25, -0.2) is 13.2 Å². The molecule has 1 saturated carbocycles. The van der Waals surface area contributed by atoms with E-state index in [0.717, 1.165) is 43.6 Å². The number of nitrogens with two attached hydrogens (primary N) is 1. The van der Waals surface area contributed by atoms with Gasteiger partial charge in [0.05, 0.1) is 38.2 Å². The monoisotopic (exact) mass is 726 g/mol. The van der Waals surface area contributed by atoms with Gasteiger partial charge in [-0.05, 0) is 43.9 Å². The quantitative estimate of drug-likeness (QED) is 0.194. The topological polar surface area (TPSA) is 127 Å². The van der Waals surface area contributed by atoms with Crippen molar-refractivity contribution in [3.8, 4) is 29.0 Å². The molecular formula is C35H34ClF3N6O4S. The summed E-state index contributed by atoms with van der Waals surface area (Å²) in [6.45, 7) is 4.69. The maximum absolute atomic E-state index is 17.3. The summed E-state index contributed by atoms with van der Waals surface area (Å²) in [5.41, 5.74) is 5.44. The molecule has 5 heterocycles. The fraction of sp³-hybridized carbons (Fsp3) is 0.486. The Morgan fingerprint density at radius 1 is 1.28 bits per heavy atom. The highest BCUT2D eigenvalue weighted by atomic mass is 35.5. The Morgan fingerprint density at radius 2 is 2.08 bits per heavy atom. The first kappa shape index (κ1) is 33.1. The van der Waals surface area contributed by atoms with E-state index >= 15 is 8.78 Å². The van der Waals surface area contributed by atoms with E-state index < -0.39 is 29.4 Å². The first-order chi connectivity index (χ1) is 24.0. The van der Waals surface area contributed by atoms with Crippen LogP contribution >= 0.6 is 22.9 Å². The minimum Gasteiger partial charge on any atom is -0.489 e. The first-order valence-corrected chi connectivity index (χ1v) is 17.9. The van der Waals surface area contributed by atoms with E-state index in [1.807, 2.05) is 11.0 Å². The van der Waals surface area contributed by atoms with Gasteiger partial charge in [0.2, 0.25) is 0 Å². The molecule has 0 spiro atoms. The molecule has 3 aliphatic heterocycles. The number of nitrogen functional groups attached to an aromatic ring is 1. The van der Waals surface area contributed by atoms with Gasteiger partial charge in [-0.3, -0.25) is 9.69 Å². The standard InChI is InChI=1S/C35H34ClF3N6O4S/c1-16(2)33(46)48-14-19-13-47-29-25-28(27(39)24(26(29)36)20-6-7-22(38)30-23(20)21(11-40)31(41)50-30)42-34(43-32(25)45(19)18-4-5-18)49-15-35-8-3-9-44(35)12-17(37)10-35/h6-7,16-19H,3-5,8-10,12-15,41H2,1-2H3/t17-,19?,35+/m1/s1. The van der Waals surface area contributed by atoms with Crippen molar-refractivity contribution in [3.05, 3.63) is 34.4 Å². The van der Waals surface area contributed by atoms with Crippen LogP contribution in [-0.2, 0) is 9.53 Å². The van der Waals surface area contributed by atoms with Crippen molar-refractivity contribution in [3.63, 3.8) is 0 Å². The van der Waals surface area contributed by atoms with Crippen LogP contribution in [0.15, 0.2) is 12.1 Å². The second-order valence-corrected chi connectivity index (χ2v) is 15.3. The first-order valence-electron chi connectivity index (χ1n) is 16.7. The molecule has 0 radical (unpaired) electrons. The Bertz CT molecular complexity index is 2100. The lowest BCUT2D eigenvalue weighted by Crippen LogP contribution is -2.45. The van der Waals surface area contributed by atoms with Gasteiger partial charge in [-0.2, -0.15) is 15.2 Å². The minimum atomic E-state index is -0.973. The average molecular weight is 727 g/mol. The zero-order chi connectivity index (χ0) is 35.1. The molecule has 2 aromatic heterocycles. The fourth-order valence-electron chi connectivity index (χ4n) is 7.74. The van der Waals surface area contributed by atoms with Crippen LogP contribution in [0.3, 0.4) is 0 Å². The number of benzene rings is 2. The summed E-state index contributed by atoms with van der Waals surface area (Å²) in [5.74, 6) is -1.78. The summed E-state index contributed by atoms with van der Waals surface area (Å²) in [4.78, 5) is 26.1. The predicted molar refractivity (Wildman–Crippen MR) is 184 cm³/mol. The molecule has 4 aromatic rings. The van der Waals surface area contributed by atoms with Crippen molar-refractivity contribution in [1.29, 1.82) is 5.26 Å². The molecule has 3 atom stereocenters. The number of hydrogen-bond acceptors (Lipinski definition) is 11. The molecule has 2 saturated heterocycles. The number of alkyl halides is 1. The number of halogens is 4. The van der Waals surface area contributed by atoms with Crippen molar-refractivity contribution in [2.24, 2.45) is 5.92 Å². The van der Waals surface area contributed by atoms with Gasteiger partial charge in [0.25, 0.3) is 0 Å². The summed E-state index contributed by atoms with van der Waals surface area (Å²) in [6, 6.07) is 3.92. The molecule has 15 heteroatoms. The number of thiophene rings is 1. The number of carbonyl (C=O) groups is 1. The van der Waals surface area contributed by atoms with E-state index in [0.29, 0.717) is 18.8 Å². The average Bonchev–Trinajstić information content (AvgIpc) is 3.69. The summed E-state index contributed by atoms with van der Waals surface area (Å²) in [5, 5.41) is 10.3. The second kappa shape index (κ2) is 12.3. The second-order valence-electron chi connectivity index (χ2n) is 13.9. The molecule has 8 rings (SSSR count). The summed E-state index contributed by atoms with van der Waals surface area (Å²) in [7, 11) is 0. The highest BCUT2D eigenvalue weighted by Crippen LogP contribution is 2.52. The van der Waals surface area contributed by atoms with Crippen LogP contribution in [0.4, 0.5) is 24.0 Å². The van der Waals surface area contributed by atoms with Gasteiger partial charge in [0.1, 0.15) is 54.2 Å². The summed E-state index contributed by atoms with van der Waals surface area (Å²) in [6.07, 6.45) is 2.65. The molecule has 3 fully saturated rings. The third-order valence-electron chi connectivity index (χ3n) is 10.3. The van der Waals surface area contributed by atoms with E-state index in [4.69, 9.17) is 36.5 Å². The molecule has 10 nitrogen and oxygen atoms in total. The number of fused-ring (bicyclic) bond motifs is 2. The molecule has 4 aliphatic rings. The van der Waals surface area contributed by atoms with Crippen LogP contribution in [0.2, 0.25) is 5.02 Å². The SMILES string of the molecule is CC(C)C(=O)OCC1COc2c(Cl)c(-c3ccc(F)c4sc(N)c(C#N)c34)c(F)c3nc(OC[C@@]45CCCN4C[C@H](F)C5)nc(c23)N1C1CC1. The lowest BCUT2D eigenvalue weighted by Gasteiger charge is -2.32. The zero-order valence-electron chi connectivity index (χ0n) is 27.4. The fourth-order valence-corrected chi connectivity index (χ4v) is 9.03. The van der Waals surface area contributed by atoms with Gasteiger partial charge in [-0.15, -0.1) is 11.3 Å². The normalized spacial score (nSPS) is 23.3. The highest BCUT2D eigenvalue weighted by molar-refractivity contribution is 7.23. The maximum atomic E-state index is 17.3. The van der Waals surface area contributed by atoms with Crippen LogP contribution in [0.5, 0.6) is 11.8 Å². The van der Waals surface area contributed by atoms with Crippen molar-refractivity contribution in [2.75, 3.05) is 43.5 Å². The number of rotatable bonds is 8. The van der Waals surface area contributed by atoms with E-state index in [9.17, 15) is 14.4 Å². The lowest BCUT2D eigenvalue weighted by molar-refractivity contribution is -0.148. The largest absolute Gasteiger partial charge is 0.489 e. The molecular weight excluding hydrogens is 693 g/mol. The number of esters is 1. The molecule has 50 heavy (non-hydrogen) atoms. The number of ether oxygens (including phenoxy) is 3. The smallest absolute Gasteiger partial charge is 0.319 e. The van der Waals surface area contributed by atoms with E-state index in [1.54, 1.807) is 13.8 Å². The zero-order valence-corrected chi connectivity index (χ0v) is 29.0. The number of hydrogen-bond donors (Lipinski definition) is 1. The summed E-state index contributed by atoms with van der Waals surface area (Å²) < 4.78 is 65.3. The van der Waals surface area contributed by atoms with Crippen LogP contribution in [0, 0.1) is 28.9 Å². The van der Waals surface area contributed by atoms with Gasteiger partial charge < -0.3 is 24.8 Å². The number of nitriles is 1. The van der Waals surface area contributed by atoms with Crippen LogP contribution < -0.4 is 20.1 Å². The Labute approximate surface area is 294 Å². The van der Waals surface area contributed by atoms with Crippen molar-refractivity contribution in [2.45, 2.75) is 69.7 Å². The predicted octanol–water partition coefficient (Wildman–Crippen LogP) is 6.78. The number of carbonyl (C=O) groups excluding carboxylic acids is 1. The molecule has 1 unspecified atom stereocenters. The van der Waals surface area contributed by atoms with Crippen molar-refractivity contribution < 1.29 is 32.2 Å². The minimum absolute atomic E-state index is 0.00397. The number of nitrogens with zero attached hydrogens (tertiary/aromatic N) is 5. The van der Waals surface area contributed by atoms with Gasteiger partial charge in [0.15, 0.2) is 11.6 Å². The van der Waals surface area contributed by atoms with Crippen LogP contribution in [0.1, 0.15) is 51.5 Å². The molecule has 262 valence electrons. The Balaban J connectivity index is 1.32. The number of aromatic nitrogens is 2. The molecule has 1 aliphatic carbocycles. The third-order valence-corrected chi connectivity index (χ3v) is 11.6. The maximum Gasteiger partial charge on any atom is 0.319 e. The van der Waals surface area contributed by atoms with Gasteiger partial charge in [-0.1, -0.05) is 31.5 Å². The van der Waals surface area contributed by atoms with E-state index in [1.165, 1.54) is 12.1 Å². The van der Waals surface area contributed by atoms with Crippen molar-refractivity contribution in [1.82, 2.24) is 14.9 Å². The van der Waals surface area contributed by atoms with Gasteiger partial charge in [0, 0.05) is 30.0 Å². The van der Waals surface area contributed by atoms with Crippen molar-refractivity contribution >= 4 is 60.7 Å². The summed E-state index contributed by atoms with van der Waals surface area (Å²) >= 11 is 7.96. The molecule has 2 N–H and O–H groups in total. The van der Waals surface area contributed by atoms with Crippen LogP contribution in [0.25, 0.3) is 32.1 Å². The van der Waals surface area contributed by atoms with Gasteiger partial charge >= 0.3 is 12.0 Å². The molecule has 2 aromatic carbocycles. The van der Waals surface area contributed by atoms with E-state index in [-0.39, 0.29) is 97.2 Å². The van der Waals surface area contributed by atoms with E-state index in [2.05, 4.69) is 9.88 Å². The highest BCUT2D eigenvalue weighted by Gasteiger charge is 2.50. The Morgan fingerprint density at radius 3 is 2.82 bits per heavy atom. The number of anilines is 2. The van der Waals surface area contributed by atoms with Crippen LogP contribution in [-0.4, -0.2) is 77.5 Å².